The fraction of sp³-hybridized carbons (Fsp3) is 0.375. The van der Waals surface area contributed by atoms with Gasteiger partial charge in [0.15, 0.2) is 0 Å². The highest BCUT2D eigenvalue weighted by Crippen LogP contribution is 2.31. The van der Waals surface area contributed by atoms with Crippen LogP contribution in [0.3, 0.4) is 0 Å². The van der Waals surface area contributed by atoms with Gasteiger partial charge < -0.3 is 5.32 Å². The van der Waals surface area contributed by atoms with Crippen LogP contribution in [0.1, 0.15) is 40.8 Å². The molecule has 0 saturated carbocycles. The summed E-state index contributed by atoms with van der Waals surface area (Å²) in [4.78, 5) is 13.3. The first-order valence-electron chi connectivity index (χ1n) is 7.03. The predicted molar refractivity (Wildman–Crippen MR) is 88.3 cm³/mol. The van der Waals surface area contributed by atoms with Crippen LogP contribution in [0, 0.1) is 24.0 Å². The minimum Gasteiger partial charge on any atom is -0.377 e. The van der Waals surface area contributed by atoms with Crippen LogP contribution in [0.4, 0.5) is 11.4 Å². The van der Waals surface area contributed by atoms with Crippen LogP contribution in [0.5, 0.6) is 0 Å². The van der Waals surface area contributed by atoms with Crippen molar-refractivity contribution in [2.75, 3.05) is 5.32 Å². The van der Waals surface area contributed by atoms with E-state index in [1.54, 1.807) is 13.0 Å². The SMILES string of the molecule is CCc1ccc(C(C)Nc2cc(C)c([N+](=O)[O-])cc2C)s1. The van der Waals surface area contributed by atoms with E-state index in [1.165, 1.54) is 9.75 Å². The van der Waals surface area contributed by atoms with E-state index in [-0.39, 0.29) is 16.7 Å². The number of nitrogens with zero attached hydrogens (tertiary/aromatic N) is 1. The maximum Gasteiger partial charge on any atom is 0.272 e. The van der Waals surface area contributed by atoms with Gasteiger partial charge in [0.25, 0.3) is 5.69 Å². The van der Waals surface area contributed by atoms with Crippen molar-refractivity contribution in [2.45, 2.75) is 40.2 Å². The largest absolute Gasteiger partial charge is 0.377 e. The molecule has 1 atom stereocenters. The van der Waals surface area contributed by atoms with Crippen molar-refractivity contribution in [1.82, 2.24) is 0 Å². The Morgan fingerprint density at radius 1 is 1.29 bits per heavy atom. The monoisotopic (exact) mass is 304 g/mol. The molecule has 1 N–H and O–H groups in total. The average molecular weight is 304 g/mol. The highest BCUT2D eigenvalue weighted by atomic mass is 32.1. The molecule has 0 aliphatic heterocycles. The Morgan fingerprint density at radius 2 is 2.00 bits per heavy atom. The molecule has 0 aliphatic rings. The zero-order valence-corrected chi connectivity index (χ0v) is 13.6. The molecule has 0 amide bonds. The van der Waals surface area contributed by atoms with Gasteiger partial charge in [-0.3, -0.25) is 10.1 Å². The minimum atomic E-state index is -0.331. The number of aryl methyl sites for hydroxylation is 3. The molecule has 1 aromatic carbocycles. The van der Waals surface area contributed by atoms with E-state index in [1.807, 2.05) is 24.3 Å². The first-order chi connectivity index (χ1) is 9.92. The van der Waals surface area contributed by atoms with Gasteiger partial charge in [-0.05, 0) is 51.0 Å². The third kappa shape index (κ3) is 3.42. The molecule has 0 bridgehead atoms. The summed E-state index contributed by atoms with van der Waals surface area (Å²) in [6.45, 7) is 7.93. The highest BCUT2D eigenvalue weighted by molar-refractivity contribution is 7.12. The molecule has 1 aromatic heterocycles. The summed E-state index contributed by atoms with van der Waals surface area (Å²) in [5.74, 6) is 0. The lowest BCUT2D eigenvalue weighted by atomic mass is 10.1. The topological polar surface area (TPSA) is 55.2 Å². The molecule has 0 spiro atoms. The Kier molecular flexibility index (Phi) is 4.63. The molecule has 0 radical (unpaired) electrons. The molecule has 1 unspecified atom stereocenters. The van der Waals surface area contributed by atoms with E-state index in [0.29, 0.717) is 5.56 Å². The second-order valence-electron chi connectivity index (χ2n) is 5.23. The standard InChI is InChI=1S/C16H20N2O2S/c1-5-13-6-7-16(21-13)12(4)17-14-8-11(3)15(18(19)20)9-10(14)2/h6-9,12,17H,5H2,1-4H3. The van der Waals surface area contributed by atoms with Crippen LogP contribution in [-0.2, 0) is 6.42 Å². The van der Waals surface area contributed by atoms with Gasteiger partial charge in [0.1, 0.15) is 0 Å². The van der Waals surface area contributed by atoms with Crippen LogP contribution in [0.2, 0.25) is 0 Å². The summed E-state index contributed by atoms with van der Waals surface area (Å²) in [7, 11) is 0. The normalized spacial score (nSPS) is 12.2. The Balaban J connectivity index is 2.23. The lowest BCUT2D eigenvalue weighted by Crippen LogP contribution is -2.07. The van der Waals surface area contributed by atoms with Crippen molar-refractivity contribution in [3.05, 3.63) is 55.3 Å². The van der Waals surface area contributed by atoms with Gasteiger partial charge in [-0.2, -0.15) is 0 Å². The fourth-order valence-electron chi connectivity index (χ4n) is 2.27. The van der Waals surface area contributed by atoms with Gasteiger partial charge in [0, 0.05) is 27.1 Å². The fourth-order valence-corrected chi connectivity index (χ4v) is 3.23. The molecular weight excluding hydrogens is 284 g/mol. The number of thiophene rings is 1. The molecule has 0 fully saturated rings. The van der Waals surface area contributed by atoms with Crippen molar-refractivity contribution in [3.8, 4) is 0 Å². The molecule has 1 heterocycles. The number of rotatable bonds is 5. The molecule has 2 rings (SSSR count). The molecule has 112 valence electrons. The summed E-state index contributed by atoms with van der Waals surface area (Å²) in [6, 6.07) is 7.99. The second kappa shape index (κ2) is 6.26. The van der Waals surface area contributed by atoms with E-state index < -0.39 is 0 Å². The van der Waals surface area contributed by atoms with E-state index in [9.17, 15) is 10.1 Å². The zero-order valence-electron chi connectivity index (χ0n) is 12.8. The van der Waals surface area contributed by atoms with E-state index in [0.717, 1.165) is 17.7 Å². The van der Waals surface area contributed by atoms with Gasteiger partial charge >= 0.3 is 0 Å². The van der Waals surface area contributed by atoms with E-state index in [2.05, 4.69) is 31.3 Å². The quantitative estimate of drug-likeness (QED) is 0.624. The van der Waals surface area contributed by atoms with Gasteiger partial charge in [-0.25, -0.2) is 0 Å². The smallest absolute Gasteiger partial charge is 0.272 e. The molecule has 4 nitrogen and oxygen atoms in total. The molecule has 21 heavy (non-hydrogen) atoms. The van der Waals surface area contributed by atoms with Crippen LogP contribution in [0.25, 0.3) is 0 Å². The van der Waals surface area contributed by atoms with Crippen LogP contribution >= 0.6 is 11.3 Å². The van der Waals surface area contributed by atoms with Crippen molar-refractivity contribution in [2.24, 2.45) is 0 Å². The summed E-state index contributed by atoms with van der Waals surface area (Å²) >= 11 is 1.81. The van der Waals surface area contributed by atoms with Crippen LogP contribution in [-0.4, -0.2) is 4.92 Å². The number of nitro benzene ring substituents is 1. The molecule has 0 aliphatic carbocycles. The van der Waals surface area contributed by atoms with Gasteiger partial charge in [0.2, 0.25) is 0 Å². The number of anilines is 1. The third-order valence-corrected chi connectivity index (χ3v) is 4.98. The highest BCUT2D eigenvalue weighted by Gasteiger charge is 2.15. The van der Waals surface area contributed by atoms with Crippen molar-refractivity contribution in [3.63, 3.8) is 0 Å². The van der Waals surface area contributed by atoms with E-state index in [4.69, 9.17) is 0 Å². The molecule has 2 aromatic rings. The number of nitro groups is 1. The zero-order chi connectivity index (χ0) is 15.6. The maximum atomic E-state index is 11.0. The third-order valence-electron chi connectivity index (χ3n) is 3.57. The Labute approximate surface area is 129 Å². The number of benzene rings is 1. The van der Waals surface area contributed by atoms with Crippen LogP contribution in [0.15, 0.2) is 24.3 Å². The maximum absolute atomic E-state index is 11.0. The Morgan fingerprint density at radius 3 is 2.57 bits per heavy atom. The first-order valence-corrected chi connectivity index (χ1v) is 7.84. The van der Waals surface area contributed by atoms with Crippen molar-refractivity contribution in [1.29, 1.82) is 0 Å². The van der Waals surface area contributed by atoms with E-state index >= 15 is 0 Å². The predicted octanol–water partition coefficient (Wildman–Crippen LogP) is 5.01. The Hall–Kier alpha value is -1.88. The lowest BCUT2D eigenvalue weighted by molar-refractivity contribution is -0.385. The van der Waals surface area contributed by atoms with Gasteiger partial charge in [-0.1, -0.05) is 6.92 Å². The van der Waals surface area contributed by atoms with Gasteiger partial charge in [-0.15, -0.1) is 11.3 Å². The number of nitrogens with one attached hydrogen (secondary N) is 1. The van der Waals surface area contributed by atoms with Crippen LogP contribution < -0.4 is 5.32 Å². The molecular formula is C16H20N2O2S. The summed E-state index contributed by atoms with van der Waals surface area (Å²) in [6.07, 6.45) is 1.05. The summed E-state index contributed by atoms with van der Waals surface area (Å²) < 4.78 is 0. The number of hydrogen-bond acceptors (Lipinski definition) is 4. The molecule has 5 heteroatoms. The second-order valence-corrected chi connectivity index (χ2v) is 6.43. The number of hydrogen-bond donors (Lipinski definition) is 1. The van der Waals surface area contributed by atoms with Gasteiger partial charge in [0.05, 0.1) is 11.0 Å². The van der Waals surface area contributed by atoms with Crippen molar-refractivity contribution >= 4 is 22.7 Å². The minimum absolute atomic E-state index is 0.176. The summed E-state index contributed by atoms with van der Waals surface area (Å²) in [5.41, 5.74) is 2.71. The average Bonchev–Trinajstić information content (AvgIpc) is 2.91. The Bertz CT molecular complexity index is 664. The molecule has 0 saturated heterocycles. The lowest BCUT2D eigenvalue weighted by Gasteiger charge is -2.16. The first kappa shape index (κ1) is 15.5. The van der Waals surface area contributed by atoms with Crippen molar-refractivity contribution < 1.29 is 4.92 Å². The summed E-state index contributed by atoms with van der Waals surface area (Å²) in [5, 5.41) is 14.4.